The Labute approximate surface area is 106 Å². The maximum atomic E-state index is 10.4. The highest BCUT2D eigenvalue weighted by Gasteiger charge is 2.06. The van der Waals surface area contributed by atoms with E-state index in [9.17, 15) is 10.1 Å². The third kappa shape index (κ3) is 4.62. The van der Waals surface area contributed by atoms with Crippen molar-refractivity contribution >= 4 is 11.6 Å². The van der Waals surface area contributed by atoms with Gasteiger partial charge in [-0.3, -0.25) is 10.1 Å². The Kier molecular flexibility index (Phi) is 5.44. The Bertz CT molecular complexity index is 380. The van der Waals surface area contributed by atoms with Crippen LogP contribution in [0.15, 0.2) is 12.4 Å². The van der Waals surface area contributed by atoms with E-state index in [-0.39, 0.29) is 5.69 Å². The van der Waals surface area contributed by atoms with E-state index in [1.54, 1.807) is 0 Å². The minimum atomic E-state index is -0.513. The lowest BCUT2D eigenvalue weighted by Crippen LogP contribution is -2.28. The number of nitrogens with one attached hydrogen (secondary N) is 1. The molecule has 0 atom stereocenters. The van der Waals surface area contributed by atoms with E-state index in [4.69, 9.17) is 0 Å². The lowest BCUT2D eigenvalue weighted by Gasteiger charge is -2.20. The number of hydrogen-bond donors (Lipinski definition) is 1. The lowest BCUT2D eigenvalue weighted by molar-refractivity contribution is -0.385. The molecule has 1 N–H and O–H groups in total. The van der Waals surface area contributed by atoms with Crippen molar-refractivity contribution in [3.8, 4) is 0 Å². The molecule has 7 nitrogen and oxygen atoms in total. The van der Waals surface area contributed by atoms with Gasteiger partial charge in [0.25, 0.3) is 0 Å². The third-order valence-corrected chi connectivity index (χ3v) is 2.70. The molecule has 1 heterocycles. The van der Waals surface area contributed by atoms with Crippen LogP contribution in [0.1, 0.15) is 20.3 Å². The summed E-state index contributed by atoms with van der Waals surface area (Å²) < 4.78 is 0. The fourth-order valence-corrected chi connectivity index (χ4v) is 1.29. The van der Waals surface area contributed by atoms with Gasteiger partial charge in [0.15, 0.2) is 0 Å². The van der Waals surface area contributed by atoms with Gasteiger partial charge in [-0.15, -0.1) is 0 Å². The summed E-state index contributed by atoms with van der Waals surface area (Å²) in [5.41, 5.74) is -0.0971. The summed E-state index contributed by atoms with van der Waals surface area (Å²) in [6.45, 7) is 6.02. The molecule has 0 unspecified atom stereocenters. The van der Waals surface area contributed by atoms with Crippen molar-refractivity contribution in [1.29, 1.82) is 0 Å². The van der Waals surface area contributed by atoms with Crippen molar-refractivity contribution in [1.82, 2.24) is 14.9 Å². The highest BCUT2D eigenvalue weighted by Crippen LogP contribution is 2.07. The van der Waals surface area contributed by atoms with Crippen molar-refractivity contribution in [3.63, 3.8) is 0 Å². The highest BCUT2D eigenvalue weighted by atomic mass is 16.6. The summed E-state index contributed by atoms with van der Waals surface area (Å²) in [5, 5.41) is 13.4. The number of aromatic nitrogens is 2. The Morgan fingerprint density at radius 2 is 2.06 bits per heavy atom. The van der Waals surface area contributed by atoms with Crippen LogP contribution in [0.4, 0.5) is 11.6 Å². The second-order valence-electron chi connectivity index (χ2n) is 4.38. The van der Waals surface area contributed by atoms with Crippen LogP contribution in [0, 0.1) is 10.1 Å². The van der Waals surface area contributed by atoms with Gasteiger partial charge in [0.2, 0.25) is 5.95 Å². The van der Waals surface area contributed by atoms with Crippen LogP contribution in [0.3, 0.4) is 0 Å². The molecule has 0 spiro atoms. The largest absolute Gasteiger partial charge is 0.354 e. The Hall–Kier alpha value is -1.76. The number of anilines is 1. The predicted molar refractivity (Wildman–Crippen MR) is 69.6 cm³/mol. The summed E-state index contributed by atoms with van der Waals surface area (Å²) in [6, 6.07) is 0.528. The van der Waals surface area contributed by atoms with E-state index >= 15 is 0 Å². The van der Waals surface area contributed by atoms with E-state index in [1.165, 1.54) is 12.4 Å². The summed E-state index contributed by atoms with van der Waals surface area (Å²) in [7, 11) is 2.08. The van der Waals surface area contributed by atoms with Crippen LogP contribution in [0.5, 0.6) is 0 Å². The minimum absolute atomic E-state index is 0.0971. The van der Waals surface area contributed by atoms with Gasteiger partial charge >= 0.3 is 5.69 Å². The number of rotatable bonds is 7. The maximum absolute atomic E-state index is 10.4. The van der Waals surface area contributed by atoms with Crippen molar-refractivity contribution in [2.75, 3.05) is 25.5 Å². The fraction of sp³-hybridized carbons (Fsp3) is 0.636. The molecular formula is C11H19N5O2. The SMILES string of the molecule is CC(C)N(C)CCCNc1ncc([N+](=O)[O-])cn1. The first kappa shape index (κ1) is 14.3. The molecule has 0 aliphatic carbocycles. The van der Waals surface area contributed by atoms with Crippen LogP contribution >= 0.6 is 0 Å². The lowest BCUT2D eigenvalue weighted by atomic mass is 10.3. The van der Waals surface area contributed by atoms with Crippen LogP contribution in [-0.2, 0) is 0 Å². The van der Waals surface area contributed by atoms with Gasteiger partial charge < -0.3 is 10.2 Å². The highest BCUT2D eigenvalue weighted by molar-refractivity contribution is 5.30. The van der Waals surface area contributed by atoms with Gasteiger partial charge in [-0.05, 0) is 33.9 Å². The van der Waals surface area contributed by atoms with E-state index in [0.717, 1.165) is 19.5 Å². The summed E-state index contributed by atoms with van der Waals surface area (Å²) in [5.74, 6) is 0.424. The Balaban J connectivity index is 2.29. The summed E-state index contributed by atoms with van der Waals surface area (Å²) in [6.07, 6.45) is 3.38. The quantitative estimate of drug-likeness (QED) is 0.450. The van der Waals surface area contributed by atoms with Crippen molar-refractivity contribution in [3.05, 3.63) is 22.5 Å². The Morgan fingerprint density at radius 1 is 1.44 bits per heavy atom. The Morgan fingerprint density at radius 3 is 2.56 bits per heavy atom. The molecule has 0 saturated heterocycles. The van der Waals surface area contributed by atoms with Gasteiger partial charge in [-0.2, -0.15) is 0 Å². The monoisotopic (exact) mass is 253 g/mol. The van der Waals surface area contributed by atoms with E-state index < -0.39 is 4.92 Å². The zero-order valence-corrected chi connectivity index (χ0v) is 11.0. The second kappa shape index (κ2) is 6.85. The average molecular weight is 253 g/mol. The molecule has 0 radical (unpaired) electrons. The first-order valence-corrected chi connectivity index (χ1v) is 5.91. The third-order valence-electron chi connectivity index (χ3n) is 2.70. The molecule has 0 bridgehead atoms. The van der Waals surface area contributed by atoms with Crippen LogP contribution in [0.25, 0.3) is 0 Å². The van der Waals surface area contributed by atoms with E-state index in [1.807, 2.05) is 0 Å². The molecular weight excluding hydrogens is 234 g/mol. The molecule has 1 aromatic rings. The first-order chi connectivity index (χ1) is 8.50. The van der Waals surface area contributed by atoms with E-state index in [0.29, 0.717) is 12.0 Å². The smallest absolute Gasteiger partial charge is 0.305 e. The molecule has 1 rings (SSSR count). The van der Waals surface area contributed by atoms with Gasteiger partial charge in [-0.25, -0.2) is 9.97 Å². The van der Waals surface area contributed by atoms with Crippen LogP contribution in [0.2, 0.25) is 0 Å². The van der Waals surface area contributed by atoms with Crippen LogP contribution in [-0.4, -0.2) is 46.0 Å². The first-order valence-electron chi connectivity index (χ1n) is 5.91. The van der Waals surface area contributed by atoms with Crippen molar-refractivity contribution in [2.45, 2.75) is 26.3 Å². The number of nitro groups is 1. The van der Waals surface area contributed by atoms with Crippen molar-refractivity contribution in [2.24, 2.45) is 0 Å². The fourth-order valence-electron chi connectivity index (χ4n) is 1.29. The molecule has 0 fully saturated rings. The standard InChI is InChI=1S/C11H19N5O2/c1-9(2)15(3)6-4-5-12-11-13-7-10(8-14-11)16(17)18/h7-9H,4-6H2,1-3H3,(H,12,13,14). The maximum Gasteiger partial charge on any atom is 0.305 e. The molecule has 100 valence electrons. The molecule has 0 saturated carbocycles. The number of nitrogens with zero attached hydrogens (tertiary/aromatic N) is 4. The summed E-state index contributed by atoms with van der Waals surface area (Å²) in [4.78, 5) is 19.9. The average Bonchev–Trinajstić information content (AvgIpc) is 2.34. The predicted octanol–water partition coefficient (Wildman–Crippen LogP) is 1.53. The van der Waals surface area contributed by atoms with E-state index in [2.05, 4.69) is 41.1 Å². The number of hydrogen-bond acceptors (Lipinski definition) is 6. The van der Waals surface area contributed by atoms with Crippen LogP contribution < -0.4 is 5.32 Å². The van der Waals surface area contributed by atoms with Crippen molar-refractivity contribution < 1.29 is 4.92 Å². The normalized spacial score (nSPS) is 10.9. The topological polar surface area (TPSA) is 84.2 Å². The molecule has 0 amide bonds. The molecule has 1 aromatic heterocycles. The molecule has 0 aliphatic rings. The van der Waals surface area contributed by atoms with Gasteiger partial charge in [-0.1, -0.05) is 0 Å². The second-order valence-corrected chi connectivity index (χ2v) is 4.38. The molecule has 18 heavy (non-hydrogen) atoms. The zero-order valence-electron chi connectivity index (χ0n) is 11.0. The van der Waals surface area contributed by atoms with Gasteiger partial charge in [0.1, 0.15) is 12.4 Å². The van der Waals surface area contributed by atoms with Gasteiger partial charge in [0.05, 0.1) is 4.92 Å². The zero-order chi connectivity index (χ0) is 13.5. The summed E-state index contributed by atoms with van der Waals surface area (Å²) >= 11 is 0. The molecule has 7 heteroatoms. The minimum Gasteiger partial charge on any atom is -0.354 e. The van der Waals surface area contributed by atoms with Gasteiger partial charge in [0, 0.05) is 12.6 Å². The molecule has 0 aromatic carbocycles. The molecule has 0 aliphatic heterocycles.